The smallest absolute Gasteiger partial charge is 0.321 e. The van der Waals surface area contributed by atoms with Gasteiger partial charge in [0.05, 0.1) is 0 Å². The molecule has 1 fully saturated rings. The van der Waals surface area contributed by atoms with E-state index >= 15 is 0 Å². The number of carbonyl (C=O) groups is 2. The Morgan fingerprint density at radius 2 is 1.76 bits per heavy atom. The number of carbonyl (C=O) groups excluding carboxylic acids is 2. The SMILES string of the molecule is CC[C@@H](C)NC(=O)NC(=O)C[NH+]1CC[NH+](Cc2ccccc2C)CC1. The van der Waals surface area contributed by atoms with Crippen LogP contribution in [0, 0.1) is 6.92 Å². The lowest BCUT2D eigenvalue weighted by atomic mass is 10.1. The zero-order chi connectivity index (χ0) is 18.2. The minimum Gasteiger partial charge on any atom is -0.335 e. The van der Waals surface area contributed by atoms with Gasteiger partial charge in [-0.15, -0.1) is 0 Å². The Bertz CT molecular complexity index is 583. The second-order valence-corrected chi connectivity index (χ2v) is 7.11. The summed E-state index contributed by atoms with van der Waals surface area (Å²) >= 11 is 0. The first kappa shape index (κ1) is 19.4. The molecule has 1 aliphatic heterocycles. The molecule has 1 aromatic carbocycles. The first-order valence-corrected chi connectivity index (χ1v) is 9.30. The number of rotatable bonds is 6. The highest BCUT2D eigenvalue weighted by molar-refractivity contribution is 5.94. The summed E-state index contributed by atoms with van der Waals surface area (Å²) in [4.78, 5) is 26.5. The Kier molecular flexibility index (Phi) is 7.40. The van der Waals surface area contributed by atoms with Gasteiger partial charge in [0.15, 0.2) is 6.54 Å². The largest absolute Gasteiger partial charge is 0.335 e. The molecule has 4 N–H and O–H groups in total. The molecule has 0 saturated carbocycles. The van der Waals surface area contributed by atoms with Crippen LogP contribution in [-0.4, -0.2) is 50.7 Å². The number of amides is 3. The Hall–Kier alpha value is -1.92. The van der Waals surface area contributed by atoms with Crippen LogP contribution >= 0.6 is 0 Å². The number of nitrogens with one attached hydrogen (secondary N) is 4. The number of imide groups is 1. The van der Waals surface area contributed by atoms with Gasteiger partial charge in [-0.2, -0.15) is 0 Å². The molecule has 1 saturated heterocycles. The predicted octanol–water partition coefficient (Wildman–Crippen LogP) is -1.10. The Morgan fingerprint density at radius 1 is 1.12 bits per heavy atom. The van der Waals surface area contributed by atoms with E-state index in [1.807, 2.05) is 13.8 Å². The van der Waals surface area contributed by atoms with Crippen LogP contribution in [0.3, 0.4) is 0 Å². The van der Waals surface area contributed by atoms with Crippen molar-refractivity contribution < 1.29 is 19.4 Å². The van der Waals surface area contributed by atoms with Crippen molar-refractivity contribution in [3.63, 3.8) is 0 Å². The summed E-state index contributed by atoms with van der Waals surface area (Å²) in [6, 6.07) is 8.22. The van der Waals surface area contributed by atoms with Crippen LogP contribution in [0.5, 0.6) is 0 Å². The number of benzene rings is 1. The van der Waals surface area contributed by atoms with Crippen molar-refractivity contribution in [2.24, 2.45) is 0 Å². The van der Waals surface area contributed by atoms with Crippen molar-refractivity contribution in [2.45, 2.75) is 39.8 Å². The topological polar surface area (TPSA) is 67.1 Å². The molecule has 1 atom stereocenters. The maximum Gasteiger partial charge on any atom is 0.321 e. The quantitative estimate of drug-likeness (QED) is 0.527. The zero-order valence-corrected chi connectivity index (χ0v) is 15.7. The van der Waals surface area contributed by atoms with Crippen molar-refractivity contribution in [1.82, 2.24) is 10.6 Å². The van der Waals surface area contributed by atoms with Crippen LogP contribution < -0.4 is 20.4 Å². The first-order chi connectivity index (χ1) is 12.0. The van der Waals surface area contributed by atoms with Crippen LogP contribution in [0.15, 0.2) is 24.3 Å². The summed E-state index contributed by atoms with van der Waals surface area (Å²) in [5.74, 6) is -0.196. The molecule has 1 aromatic rings. The van der Waals surface area contributed by atoms with Gasteiger partial charge in [-0.3, -0.25) is 10.1 Å². The molecule has 3 amide bonds. The summed E-state index contributed by atoms with van der Waals surface area (Å²) < 4.78 is 0. The second-order valence-electron chi connectivity index (χ2n) is 7.11. The molecule has 6 nitrogen and oxygen atoms in total. The number of piperazine rings is 1. The van der Waals surface area contributed by atoms with Gasteiger partial charge in [-0.05, 0) is 25.8 Å². The summed E-state index contributed by atoms with van der Waals surface area (Å²) in [7, 11) is 0. The molecule has 0 bridgehead atoms. The molecular formula is C19H32N4O2+2. The molecule has 138 valence electrons. The molecule has 25 heavy (non-hydrogen) atoms. The highest BCUT2D eigenvalue weighted by Crippen LogP contribution is 2.04. The van der Waals surface area contributed by atoms with E-state index in [0.29, 0.717) is 6.54 Å². The van der Waals surface area contributed by atoms with E-state index in [0.717, 1.165) is 39.1 Å². The van der Waals surface area contributed by atoms with E-state index in [2.05, 4.69) is 41.8 Å². The molecule has 0 aromatic heterocycles. The average Bonchev–Trinajstić information content (AvgIpc) is 2.58. The molecule has 2 rings (SSSR count). The lowest BCUT2D eigenvalue weighted by molar-refractivity contribution is -1.02. The van der Waals surface area contributed by atoms with Gasteiger partial charge in [0.25, 0.3) is 5.91 Å². The van der Waals surface area contributed by atoms with Crippen LogP contribution in [0.25, 0.3) is 0 Å². The number of hydrogen-bond acceptors (Lipinski definition) is 2. The number of aryl methyl sites for hydroxylation is 1. The molecule has 1 heterocycles. The highest BCUT2D eigenvalue weighted by Gasteiger charge is 2.25. The third-order valence-corrected chi connectivity index (χ3v) is 5.02. The van der Waals surface area contributed by atoms with E-state index in [1.165, 1.54) is 16.0 Å². The monoisotopic (exact) mass is 348 g/mol. The fourth-order valence-corrected chi connectivity index (χ4v) is 3.15. The van der Waals surface area contributed by atoms with Gasteiger partial charge in [0.2, 0.25) is 0 Å². The van der Waals surface area contributed by atoms with Crippen LogP contribution in [0.1, 0.15) is 31.4 Å². The van der Waals surface area contributed by atoms with Gasteiger partial charge >= 0.3 is 6.03 Å². The summed E-state index contributed by atoms with van der Waals surface area (Å²) in [6.07, 6.45) is 0.846. The predicted molar refractivity (Wildman–Crippen MR) is 97.6 cm³/mol. The lowest BCUT2D eigenvalue weighted by Crippen LogP contribution is -3.28. The van der Waals surface area contributed by atoms with Crippen molar-refractivity contribution >= 4 is 11.9 Å². The number of quaternary nitrogens is 2. The minimum atomic E-state index is -0.387. The van der Waals surface area contributed by atoms with Crippen LogP contribution in [0.4, 0.5) is 4.79 Å². The zero-order valence-electron chi connectivity index (χ0n) is 15.7. The van der Waals surface area contributed by atoms with Crippen molar-refractivity contribution in [3.05, 3.63) is 35.4 Å². The minimum absolute atomic E-state index is 0.0775. The van der Waals surface area contributed by atoms with E-state index in [-0.39, 0.29) is 18.0 Å². The maximum atomic E-state index is 12.0. The Balaban J connectivity index is 1.70. The van der Waals surface area contributed by atoms with Gasteiger partial charge in [0, 0.05) is 11.6 Å². The van der Waals surface area contributed by atoms with Gasteiger partial charge in [-0.25, -0.2) is 4.79 Å². The third kappa shape index (κ3) is 6.48. The Morgan fingerprint density at radius 3 is 2.40 bits per heavy atom. The highest BCUT2D eigenvalue weighted by atomic mass is 16.2. The molecule has 0 radical (unpaired) electrons. The number of urea groups is 1. The van der Waals surface area contributed by atoms with Gasteiger partial charge < -0.3 is 15.1 Å². The molecule has 0 aliphatic carbocycles. The molecule has 0 spiro atoms. The van der Waals surface area contributed by atoms with Crippen molar-refractivity contribution in [3.8, 4) is 0 Å². The van der Waals surface area contributed by atoms with Gasteiger partial charge in [-0.1, -0.05) is 31.2 Å². The van der Waals surface area contributed by atoms with Crippen molar-refractivity contribution in [2.75, 3.05) is 32.7 Å². The van der Waals surface area contributed by atoms with Gasteiger partial charge in [0.1, 0.15) is 32.7 Å². The normalized spacial score (nSPS) is 21.4. The molecule has 1 aliphatic rings. The number of hydrogen-bond donors (Lipinski definition) is 4. The van der Waals surface area contributed by atoms with E-state index in [1.54, 1.807) is 4.90 Å². The van der Waals surface area contributed by atoms with E-state index in [9.17, 15) is 9.59 Å². The molecular weight excluding hydrogens is 316 g/mol. The van der Waals surface area contributed by atoms with E-state index < -0.39 is 0 Å². The average molecular weight is 348 g/mol. The van der Waals surface area contributed by atoms with E-state index in [4.69, 9.17) is 0 Å². The lowest BCUT2D eigenvalue weighted by Gasteiger charge is -2.29. The molecule has 6 heteroatoms. The Labute approximate surface area is 150 Å². The van der Waals surface area contributed by atoms with Crippen LogP contribution in [-0.2, 0) is 11.3 Å². The summed E-state index contributed by atoms with van der Waals surface area (Å²) in [6.45, 7) is 11.5. The summed E-state index contributed by atoms with van der Waals surface area (Å²) in [5.41, 5.74) is 2.75. The fourth-order valence-electron chi connectivity index (χ4n) is 3.15. The van der Waals surface area contributed by atoms with Crippen LogP contribution in [0.2, 0.25) is 0 Å². The third-order valence-electron chi connectivity index (χ3n) is 5.02. The summed E-state index contributed by atoms with van der Waals surface area (Å²) in [5, 5.41) is 5.19. The first-order valence-electron chi connectivity index (χ1n) is 9.30. The maximum absolute atomic E-state index is 12.0. The molecule has 0 unspecified atom stereocenters. The second kappa shape index (κ2) is 9.53. The fraction of sp³-hybridized carbons (Fsp3) is 0.579. The standard InChI is InChI=1S/C19H30N4O2/c1-4-16(3)20-19(25)21-18(24)14-23-11-9-22(10-12-23)13-17-8-6-5-7-15(17)2/h5-8,16H,4,9-14H2,1-3H3,(H2,20,21,24,25)/p+2/t16-/m1/s1. The van der Waals surface area contributed by atoms with Crippen molar-refractivity contribution in [1.29, 1.82) is 0 Å².